The molecule has 0 spiro atoms. The lowest BCUT2D eigenvalue weighted by atomic mass is 9.97. The highest BCUT2D eigenvalue weighted by atomic mass is 35.5. The molecule has 1 saturated heterocycles. The number of aliphatic imine (C=N–C) groups is 1. The number of pyridine rings is 1. The van der Waals surface area contributed by atoms with Crippen molar-refractivity contribution in [3.05, 3.63) is 52.6 Å². The Hall–Kier alpha value is -2.35. The second-order valence-corrected chi connectivity index (χ2v) is 8.58. The van der Waals surface area contributed by atoms with Gasteiger partial charge >= 0.3 is 0 Å². The molecule has 164 valence electrons. The lowest BCUT2D eigenvalue weighted by Crippen LogP contribution is -2.35. The number of nitrogens with one attached hydrogen (secondary N) is 1. The number of rotatable bonds is 7. The highest BCUT2D eigenvalue weighted by Gasteiger charge is 2.23. The molecule has 0 bridgehead atoms. The van der Waals surface area contributed by atoms with E-state index in [4.69, 9.17) is 16.3 Å². The van der Waals surface area contributed by atoms with Gasteiger partial charge in [0.25, 0.3) is 0 Å². The van der Waals surface area contributed by atoms with Crippen molar-refractivity contribution >= 4 is 28.8 Å². The van der Waals surface area contributed by atoms with E-state index >= 15 is 0 Å². The zero-order valence-corrected chi connectivity index (χ0v) is 18.3. The number of likely N-dealkylation sites (tertiary alicyclic amines) is 1. The van der Waals surface area contributed by atoms with Crippen LogP contribution in [0, 0.1) is 11.7 Å². The SMILES string of the molecule is CN1CCC(CNCc2nccc3c2N=C(COc2ccc(F)c(Cl)c2)CC3=O)CC1. The second kappa shape index (κ2) is 9.85. The Labute approximate surface area is 186 Å². The van der Waals surface area contributed by atoms with Gasteiger partial charge in [-0.25, -0.2) is 4.39 Å². The first-order valence-electron chi connectivity index (χ1n) is 10.5. The van der Waals surface area contributed by atoms with Gasteiger partial charge in [-0.05, 0) is 63.6 Å². The summed E-state index contributed by atoms with van der Waals surface area (Å²) in [6.07, 6.45) is 4.24. The third kappa shape index (κ3) is 5.47. The Bertz CT molecular complexity index is 990. The maximum atomic E-state index is 13.3. The molecule has 31 heavy (non-hydrogen) atoms. The molecule has 4 rings (SSSR count). The minimum atomic E-state index is -0.503. The maximum absolute atomic E-state index is 13.3. The van der Waals surface area contributed by atoms with E-state index in [1.54, 1.807) is 12.3 Å². The number of ether oxygens (including phenoxy) is 1. The molecule has 0 atom stereocenters. The smallest absolute Gasteiger partial charge is 0.170 e. The maximum Gasteiger partial charge on any atom is 0.170 e. The van der Waals surface area contributed by atoms with E-state index < -0.39 is 5.82 Å². The van der Waals surface area contributed by atoms with Crippen molar-refractivity contribution in [2.75, 3.05) is 33.3 Å². The standard InChI is InChI=1S/C23H26ClFN4O2/c1-29-8-5-15(6-9-29)12-26-13-21-23-18(4-7-27-21)22(30)10-16(28-23)14-31-17-2-3-20(25)19(24)11-17/h2-4,7,11,15,26H,5-6,8-10,12-14H2,1H3. The molecule has 1 fully saturated rings. The third-order valence-electron chi connectivity index (χ3n) is 5.80. The van der Waals surface area contributed by atoms with Crippen LogP contribution in [0.2, 0.25) is 5.02 Å². The van der Waals surface area contributed by atoms with Crippen molar-refractivity contribution in [3.63, 3.8) is 0 Å². The predicted molar refractivity (Wildman–Crippen MR) is 119 cm³/mol. The van der Waals surface area contributed by atoms with Gasteiger partial charge in [-0.15, -0.1) is 0 Å². The van der Waals surface area contributed by atoms with E-state index in [1.807, 2.05) is 0 Å². The molecule has 0 radical (unpaired) electrons. The quantitative estimate of drug-likeness (QED) is 0.698. The zero-order valence-electron chi connectivity index (χ0n) is 17.5. The summed E-state index contributed by atoms with van der Waals surface area (Å²) < 4.78 is 19.0. The minimum Gasteiger partial charge on any atom is -0.488 e. The molecule has 6 nitrogen and oxygen atoms in total. The van der Waals surface area contributed by atoms with Gasteiger partial charge in [-0.1, -0.05) is 11.6 Å². The molecule has 2 aliphatic heterocycles. The minimum absolute atomic E-state index is 0.000272. The molecule has 0 unspecified atom stereocenters. The third-order valence-corrected chi connectivity index (χ3v) is 6.08. The highest BCUT2D eigenvalue weighted by Crippen LogP contribution is 2.29. The van der Waals surface area contributed by atoms with Gasteiger partial charge in [0.1, 0.15) is 18.2 Å². The zero-order chi connectivity index (χ0) is 21.8. The molecular formula is C23H26ClFN4O2. The van der Waals surface area contributed by atoms with Gasteiger partial charge in [-0.2, -0.15) is 0 Å². The van der Waals surface area contributed by atoms with Crippen molar-refractivity contribution in [2.24, 2.45) is 10.9 Å². The number of halogens is 2. The topological polar surface area (TPSA) is 66.8 Å². The molecule has 1 aromatic carbocycles. The summed E-state index contributed by atoms with van der Waals surface area (Å²) in [6.45, 7) is 3.89. The number of benzene rings is 1. The largest absolute Gasteiger partial charge is 0.488 e. The number of carbonyl (C=O) groups is 1. The summed E-state index contributed by atoms with van der Waals surface area (Å²) in [5.41, 5.74) is 2.59. The number of Topliss-reactive ketones (excluding diaryl/α,β-unsaturated/α-hetero) is 1. The lowest BCUT2D eigenvalue weighted by Gasteiger charge is -2.29. The molecule has 1 aromatic heterocycles. The summed E-state index contributed by atoms with van der Waals surface area (Å²) in [4.78, 5) is 24.2. The highest BCUT2D eigenvalue weighted by molar-refractivity contribution is 6.30. The number of ketones is 1. The lowest BCUT2D eigenvalue weighted by molar-refractivity contribution is 0.0998. The van der Waals surface area contributed by atoms with Crippen LogP contribution in [-0.2, 0) is 6.54 Å². The molecule has 0 aliphatic carbocycles. The van der Waals surface area contributed by atoms with E-state index in [2.05, 4.69) is 27.2 Å². The Morgan fingerprint density at radius 2 is 2.10 bits per heavy atom. The van der Waals surface area contributed by atoms with Gasteiger partial charge in [0, 0.05) is 24.4 Å². The van der Waals surface area contributed by atoms with Gasteiger partial charge in [0.05, 0.1) is 28.5 Å². The Kier molecular flexibility index (Phi) is 6.95. The average molecular weight is 445 g/mol. The van der Waals surface area contributed by atoms with Gasteiger partial charge in [-0.3, -0.25) is 14.8 Å². The average Bonchev–Trinajstić information content (AvgIpc) is 2.76. The van der Waals surface area contributed by atoms with Crippen LogP contribution in [0.15, 0.2) is 35.5 Å². The summed E-state index contributed by atoms with van der Waals surface area (Å²) in [6, 6.07) is 5.88. The molecule has 2 aromatic rings. The summed E-state index contributed by atoms with van der Waals surface area (Å²) in [7, 11) is 2.16. The van der Waals surface area contributed by atoms with Crippen molar-refractivity contribution in [2.45, 2.75) is 25.8 Å². The van der Waals surface area contributed by atoms with E-state index in [0.29, 0.717) is 35.2 Å². The monoisotopic (exact) mass is 444 g/mol. The summed E-state index contributed by atoms with van der Waals surface area (Å²) >= 11 is 5.80. The Morgan fingerprint density at radius 3 is 2.87 bits per heavy atom. The van der Waals surface area contributed by atoms with Crippen molar-refractivity contribution in [1.82, 2.24) is 15.2 Å². The van der Waals surface area contributed by atoms with Crippen LogP contribution >= 0.6 is 11.6 Å². The number of aromatic nitrogens is 1. The first-order valence-corrected chi connectivity index (χ1v) is 10.9. The number of fused-ring (bicyclic) bond motifs is 1. The van der Waals surface area contributed by atoms with E-state index in [-0.39, 0.29) is 23.8 Å². The molecular weight excluding hydrogens is 419 g/mol. The molecule has 2 aliphatic rings. The molecule has 3 heterocycles. The Morgan fingerprint density at radius 1 is 1.29 bits per heavy atom. The predicted octanol–water partition coefficient (Wildman–Crippen LogP) is 4.04. The normalized spacial score (nSPS) is 17.4. The van der Waals surface area contributed by atoms with E-state index in [0.717, 1.165) is 25.3 Å². The van der Waals surface area contributed by atoms with Crippen LogP contribution in [0.25, 0.3) is 0 Å². The van der Waals surface area contributed by atoms with E-state index in [1.165, 1.54) is 31.0 Å². The van der Waals surface area contributed by atoms with E-state index in [9.17, 15) is 9.18 Å². The van der Waals surface area contributed by atoms with Crippen molar-refractivity contribution in [1.29, 1.82) is 0 Å². The van der Waals surface area contributed by atoms with Crippen LogP contribution in [0.1, 0.15) is 35.3 Å². The fourth-order valence-electron chi connectivity index (χ4n) is 3.93. The van der Waals surface area contributed by atoms with Crippen LogP contribution in [-0.4, -0.2) is 54.7 Å². The fourth-order valence-corrected chi connectivity index (χ4v) is 4.10. The Balaban J connectivity index is 1.41. The molecule has 0 amide bonds. The van der Waals surface area contributed by atoms with Gasteiger partial charge in [0.2, 0.25) is 0 Å². The summed E-state index contributed by atoms with van der Waals surface area (Å²) in [5.74, 6) is 0.585. The fraction of sp³-hybridized carbons (Fsp3) is 0.435. The molecule has 0 saturated carbocycles. The number of hydrogen-bond donors (Lipinski definition) is 1. The molecule has 8 heteroatoms. The first-order chi connectivity index (χ1) is 15.0. The second-order valence-electron chi connectivity index (χ2n) is 8.17. The first kappa shape index (κ1) is 21.9. The van der Waals surface area contributed by atoms with Crippen LogP contribution in [0.5, 0.6) is 5.75 Å². The van der Waals surface area contributed by atoms with Gasteiger partial charge < -0.3 is 15.0 Å². The van der Waals surface area contributed by atoms with Crippen molar-refractivity contribution in [3.8, 4) is 5.75 Å². The van der Waals surface area contributed by atoms with Crippen LogP contribution in [0.4, 0.5) is 10.1 Å². The molecule has 1 N–H and O–H groups in total. The summed E-state index contributed by atoms with van der Waals surface area (Å²) in [5, 5.41) is 3.48. The van der Waals surface area contributed by atoms with Crippen molar-refractivity contribution < 1.29 is 13.9 Å². The number of carbonyl (C=O) groups excluding carboxylic acids is 1. The number of piperidine rings is 1. The van der Waals surface area contributed by atoms with Crippen LogP contribution in [0.3, 0.4) is 0 Å². The number of nitrogens with zero attached hydrogens (tertiary/aromatic N) is 3. The van der Waals surface area contributed by atoms with Gasteiger partial charge in [0.15, 0.2) is 5.78 Å². The van der Waals surface area contributed by atoms with Crippen LogP contribution < -0.4 is 10.1 Å². The number of hydrogen-bond acceptors (Lipinski definition) is 6.